The van der Waals surface area contributed by atoms with E-state index in [2.05, 4.69) is 0 Å². The van der Waals surface area contributed by atoms with Gasteiger partial charge in [0.25, 0.3) is 11.2 Å². The first-order valence-electron chi connectivity index (χ1n) is 5.88. The van der Waals surface area contributed by atoms with Gasteiger partial charge in [0.2, 0.25) is 5.88 Å². The number of aromatic nitrogens is 2. The Kier molecular flexibility index (Phi) is 3.57. The summed E-state index contributed by atoms with van der Waals surface area (Å²) in [5.41, 5.74) is -2.79. The second-order valence-electron chi connectivity index (χ2n) is 4.14. The van der Waals surface area contributed by atoms with Crippen LogP contribution in [-0.2, 0) is 6.42 Å². The van der Waals surface area contributed by atoms with Gasteiger partial charge in [-0.3, -0.25) is 19.9 Å². The summed E-state index contributed by atoms with van der Waals surface area (Å²) < 4.78 is 14.5. The maximum absolute atomic E-state index is 13.9. The zero-order valence-corrected chi connectivity index (χ0v) is 10.8. The molecule has 2 rings (SSSR count). The topological polar surface area (TPSA) is 118 Å². The summed E-state index contributed by atoms with van der Waals surface area (Å²) in [5.74, 6) is -1.77. The molecule has 0 spiro atoms. The van der Waals surface area contributed by atoms with Crippen molar-refractivity contribution in [3.05, 3.63) is 60.5 Å². The Morgan fingerprint density at radius 2 is 2.10 bits per heavy atom. The van der Waals surface area contributed by atoms with Gasteiger partial charge in [-0.05, 0) is 12.5 Å². The highest BCUT2D eigenvalue weighted by molar-refractivity contribution is 5.45. The zero-order valence-electron chi connectivity index (χ0n) is 10.8. The highest BCUT2D eigenvalue weighted by Gasteiger charge is 2.18. The average Bonchev–Trinajstić information content (AvgIpc) is 2.40. The summed E-state index contributed by atoms with van der Waals surface area (Å²) in [5, 5.41) is 20.5. The van der Waals surface area contributed by atoms with Crippen LogP contribution in [0.5, 0.6) is 5.88 Å². The molecule has 9 heteroatoms. The minimum atomic E-state index is -1.07. The number of nitro groups is 1. The summed E-state index contributed by atoms with van der Waals surface area (Å²) in [4.78, 5) is 35.0. The lowest BCUT2D eigenvalue weighted by Gasteiger charge is -2.11. The number of benzene rings is 1. The third kappa shape index (κ3) is 2.40. The minimum Gasteiger partial charge on any atom is -0.494 e. The fourth-order valence-electron chi connectivity index (χ4n) is 1.89. The number of H-pyrrole nitrogens is 1. The van der Waals surface area contributed by atoms with Crippen molar-refractivity contribution in [3.63, 3.8) is 0 Å². The predicted molar refractivity (Wildman–Crippen MR) is 70.3 cm³/mol. The standard InChI is InChI=1S/C12H10FN3O5/c1-2-7-10(17)14-12(19)15(11(7)18)9-4-3-6(16(20)21)5-8(9)13/h3-5,18H,2H2,1H3,(H,14,17,19). The lowest BCUT2D eigenvalue weighted by molar-refractivity contribution is -0.385. The molecule has 0 saturated carbocycles. The third-order valence-electron chi connectivity index (χ3n) is 2.92. The fourth-order valence-corrected chi connectivity index (χ4v) is 1.89. The first kappa shape index (κ1) is 14.4. The van der Waals surface area contributed by atoms with Crippen LogP contribution in [0.2, 0.25) is 0 Å². The Bertz CT molecular complexity index is 840. The predicted octanol–water partition coefficient (Wildman–Crippen LogP) is 0.841. The van der Waals surface area contributed by atoms with Crippen molar-refractivity contribution >= 4 is 5.69 Å². The van der Waals surface area contributed by atoms with Gasteiger partial charge in [0.1, 0.15) is 0 Å². The molecule has 0 fully saturated rings. The number of halogens is 1. The molecule has 21 heavy (non-hydrogen) atoms. The molecule has 110 valence electrons. The number of rotatable bonds is 3. The van der Waals surface area contributed by atoms with Gasteiger partial charge in [-0.2, -0.15) is 0 Å². The van der Waals surface area contributed by atoms with Crippen LogP contribution >= 0.6 is 0 Å². The van der Waals surface area contributed by atoms with E-state index in [1.54, 1.807) is 6.92 Å². The van der Waals surface area contributed by atoms with E-state index in [-0.39, 0.29) is 12.0 Å². The molecule has 0 aliphatic rings. The van der Waals surface area contributed by atoms with Crippen LogP contribution < -0.4 is 11.2 Å². The second-order valence-corrected chi connectivity index (χ2v) is 4.14. The maximum Gasteiger partial charge on any atom is 0.335 e. The Morgan fingerprint density at radius 1 is 1.43 bits per heavy atom. The Balaban J connectivity index is 2.76. The van der Waals surface area contributed by atoms with Crippen molar-refractivity contribution in [3.8, 4) is 11.6 Å². The van der Waals surface area contributed by atoms with Crippen LogP contribution in [0.25, 0.3) is 5.69 Å². The number of hydrogen-bond donors (Lipinski definition) is 2. The normalized spacial score (nSPS) is 10.6. The molecule has 2 N–H and O–H groups in total. The van der Waals surface area contributed by atoms with E-state index in [1.165, 1.54) is 0 Å². The van der Waals surface area contributed by atoms with Gasteiger partial charge < -0.3 is 5.11 Å². The highest BCUT2D eigenvalue weighted by atomic mass is 19.1. The third-order valence-corrected chi connectivity index (χ3v) is 2.92. The molecule has 0 radical (unpaired) electrons. The zero-order chi connectivity index (χ0) is 15.7. The number of aromatic amines is 1. The van der Waals surface area contributed by atoms with Crippen molar-refractivity contribution in [2.75, 3.05) is 0 Å². The lowest BCUT2D eigenvalue weighted by atomic mass is 10.2. The van der Waals surface area contributed by atoms with Crippen LogP contribution in [0.3, 0.4) is 0 Å². The maximum atomic E-state index is 13.9. The Labute approximate surface area is 116 Å². The van der Waals surface area contributed by atoms with Gasteiger partial charge >= 0.3 is 5.69 Å². The number of aromatic hydroxyl groups is 1. The summed E-state index contributed by atoms with van der Waals surface area (Å²) in [7, 11) is 0. The van der Waals surface area contributed by atoms with Crippen molar-refractivity contribution < 1.29 is 14.4 Å². The Hall–Kier alpha value is -2.97. The molecule has 8 nitrogen and oxygen atoms in total. The molecule has 0 unspecified atom stereocenters. The quantitative estimate of drug-likeness (QED) is 0.642. The Morgan fingerprint density at radius 3 is 2.62 bits per heavy atom. The molecule has 1 aromatic heterocycles. The molecule has 0 aliphatic heterocycles. The largest absolute Gasteiger partial charge is 0.494 e. The molecular weight excluding hydrogens is 285 g/mol. The summed E-state index contributed by atoms with van der Waals surface area (Å²) in [6.07, 6.45) is 0.121. The summed E-state index contributed by atoms with van der Waals surface area (Å²) >= 11 is 0. The molecule has 0 bridgehead atoms. The first-order chi connectivity index (χ1) is 9.86. The molecular formula is C12H10FN3O5. The van der Waals surface area contributed by atoms with E-state index < -0.39 is 39.2 Å². The van der Waals surface area contributed by atoms with Gasteiger partial charge in [-0.15, -0.1) is 0 Å². The number of non-ortho nitro benzene ring substituents is 1. The average molecular weight is 295 g/mol. The van der Waals surface area contributed by atoms with Crippen molar-refractivity contribution in [2.24, 2.45) is 0 Å². The lowest BCUT2D eigenvalue weighted by Crippen LogP contribution is -2.31. The molecule has 0 saturated heterocycles. The van der Waals surface area contributed by atoms with Gasteiger partial charge in [0.15, 0.2) is 5.82 Å². The fraction of sp³-hybridized carbons (Fsp3) is 0.167. The van der Waals surface area contributed by atoms with Crippen LogP contribution in [0.1, 0.15) is 12.5 Å². The van der Waals surface area contributed by atoms with E-state index in [9.17, 15) is 29.2 Å². The number of nitro benzene ring substituents is 1. The molecule has 0 amide bonds. The van der Waals surface area contributed by atoms with E-state index in [4.69, 9.17) is 0 Å². The van der Waals surface area contributed by atoms with E-state index in [0.717, 1.165) is 12.1 Å². The van der Waals surface area contributed by atoms with Crippen LogP contribution in [0.15, 0.2) is 27.8 Å². The van der Waals surface area contributed by atoms with E-state index in [0.29, 0.717) is 10.6 Å². The van der Waals surface area contributed by atoms with Crippen molar-refractivity contribution in [1.82, 2.24) is 9.55 Å². The van der Waals surface area contributed by atoms with Gasteiger partial charge in [0, 0.05) is 6.07 Å². The number of nitrogens with zero attached hydrogens (tertiary/aromatic N) is 2. The molecule has 0 aliphatic carbocycles. The minimum absolute atomic E-state index is 0.0904. The molecule has 0 atom stereocenters. The number of nitrogens with one attached hydrogen (secondary N) is 1. The van der Waals surface area contributed by atoms with Crippen molar-refractivity contribution in [2.45, 2.75) is 13.3 Å². The second kappa shape index (κ2) is 5.19. The smallest absolute Gasteiger partial charge is 0.335 e. The van der Waals surface area contributed by atoms with Gasteiger partial charge in [-0.1, -0.05) is 6.92 Å². The van der Waals surface area contributed by atoms with Gasteiger partial charge in [-0.25, -0.2) is 13.8 Å². The van der Waals surface area contributed by atoms with Crippen LogP contribution in [0.4, 0.5) is 10.1 Å². The highest BCUT2D eigenvalue weighted by Crippen LogP contribution is 2.22. The molecule has 2 aromatic rings. The first-order valence-corrected chi connectivity index (χ1v) is 5.88. The van der Waals surface area contributed by atoms with Gasteiger partial charge in [0.05, 0.1) is 22.2 Å². The monoisotopic (exact) mass is 295 g/mol. The van der Waals surface area contributed by atoms with Crippen LogP contribution in [-0.4, -0.2) is 19.6 Å². The molecule has 1 heterocycles. The van der Waals surface area contributed by atoms with E-state index in [1.807, 2.05) is 4.98 Å². The SMILES string of the molecule is CCc1c(O)n(-c2ccc([N+](=O)[O-])cc2F)c(=O)[nH]c1=O. The summed E-state index contributed by atoms with van der Waals surface area (Å²) in [6.45, 7) is 1.57. The van der Waals surface area contributed by atoms with Crippen molar-refractivity contribution in [1.29, 1.82) is 0 Å². The van der Waals surface area contributed by atoms with E-state index >= 15 is 0 Å². The summed E-state index contributed by atoms with van der Waals surface area (Å²) in [6, 6.07) is 2.59. The van der Waals surface area contributed by atoms with Crippen LogP contribution in [0, 0.1) is 15.9 Å². The molecule has 1 aromatic carbocycles. The number of hydrogen-bond acceptors (Lipinski definition) is 5.